The number of aliphatic hydroxyl groups is 2. The molecule has 1 amide bonds. The van der Waals surface area contributed by atoms with Gasteiger partial charge in [0.05, 0.1) is 13.2 Å². The lowest BCUT2D eigenvalue weighted by Crippen LogP contribution is -2.38. The summed E-state index contributed by atoms with van der Waals surface area (Å²) in [6.45, 7) is -0.951. The van der Waals surface area contributed by atoms with Gasteiger partial charge in [-0.1, -0.05) is 0 Å². The number of carbonyl (C=O) groups excluding carboxylic acids is 1. The molecule has 0 fully saturated rings. The molecule has 2 N–H and O–H groups in total. The van der Waals surface area contributed by atoms with Gasteiger partial charge < -0.3 is 15.1 Å². The molecular weight excluding hydrogens is 267 g/mol. The van der Waals surface area contributed by atoms with E-state index in [-0.39, 0.29) is 32.8 Å². The first kappa shape index (κ1) is 15.4. The summed E-state index contributed by atoms with van der Waals surface area (Å²) < 4.78 is 37.8. The van der Waals surface area contributed by atoms with Gasteiger partial charge >= 0.3 is 6.18 Å². The number of aromatic nitrogens is 2. The maximum absolute atomic E-state index is 12.3. The number of alkyl halides is 3. The van der Waals surface area contributed by atoms with Crippen LogP contribution in [-0.2, 0) is 17.5 Å². The molecule has 6 nitrogen and oxygen atoms in total. The van der Waals surface area contributed by atoms with Crippen LogP contribution in [0, 0.1) is 0 Å². The highest BCUT2D eigenvalue weighted by atomic mass is 19.4. The van der Waals surface area contributed by atoms with E-state index in [2.05, 4.69) is 5.10 Å². The lowest BCUT2D eigenvalue weighted by Gasteiger charge is -2.20. The molecular formula is C10H14F3N3O3. The quantitative estimate of drug-likeness (QED) is 0.751. The number of hydrogen-bond donors (Lipinski definition) is 2. The van der Waals surface area contributed by atoms with Gasteiger partial charge in [-0.25, -0.2) is 0 Å². The molecule has 0 aromatic carbocycles. The van der Waals surface area contributed by atoms with Crippen molar-refractivity contribution in [2.45, 2.75) is 12.7 Å². The molecule has 0 aliphatic carbocycles. The van der Waals surface area contributed by atoms with E-state index in [1.807, 2.05) is 0 Å². The van der Waals surface area contributed by atoms with Crippen LogP contribution < -0.4 is 0 Å². The summed E-state index contributed by atoms with van der Waals surface area (Å²) in [5, 5.41) is 20.7. The maximum atomic E-state index is 12.3. The second-order valence-electron chi connectivity index (χ2n) is 3.72. The van der Waals surface area contributed by atoms with Gasteiger partial charge in [0, 0.05) is 19.3 Å². The summed E-state index contributed by atoms with van der Waals surface area (Å²) in [6, 6.07) is 0.774. The Bertz CT molecular complexity index is 414. The van der Waals surface area contributed by atoms with Gasteiger partial charge in [-0.3, -0.25) is 9.48 Å². The maximum Gasteiger partial charge on any atom is 0.435 e. The Balaban J connectivity index is 2.67. The molecule has 19 heavy (non-hydrogen) atoms. The average molecular weight is 281 g/mol. The topological polar surface area (TPSA) is 78.6 Å². The summed E-state index contributed by atoms with van der Waals surface area (Å²) in [5.41, 5.74) is -1.07. The molecule has 0 atom stereocenters. The van der Waals surface area contributed by atoms with E-state index < -0.39 is 17.8 Å². The lowest BCUT2D eigenvalue weighted by atomic mass is 10.4. The molecule has 0 saturated heterocycles. The molecule has 0 unspecified atom stereocenters. The summed E-state index contributed by atoms with van der Waals surface area (Å²) in [5.74, 6) is -0.528. The van der Waals surface area contributed by atoms with Crippen LogP contribution in [0.1, 0.15) is 5.69 Å². The first-order chi connectivity index (χ1) is 8.88. The summed E-state index contributed by atoms with van der Waals surface area (Å²) in [6.07, 6.45) is -3.50. The third-order valence-electron chi connectivity index (χ3n) is 2.32. The van der Waals surface area contributed by atoms with Crippen LogP contribution in [0.15, 0.2) is 12.3 Å². The molecule has 0 spiro atoms. The number of carbonyl (C=O) groups is 1. The predicted molar refractivity (Wildman–Crippen MR) is 58.0 cm³/mol. The standard InChI is InChI=1S/C10H14F3N3O3/c11-10(12,13)8-1-2-16(14-8)7-9(19)15(3-5-17)4-6-18/h1-2,17-18H,3-7H2. The highest BCUT2D eigenvalue weighted by Crippen LogP contribution is 2.27. The van der Waals surface area contributed by atoms with Crippen molar-refractivity contribution in [2.75, 3.05) is 26.3 Å². The van der Waals surface area contributed by atoms with Crippen LogP contribution in [0.3, 0.4) is 0 Å². The van der Waals surface area contributed by atoms with Crippen molar-refractivity contribution in [3.05, 3.63) is 18.0 Å². The third kappa shape index (κ3) is 4.52. The Kier molecular flexibility index (Phi) is 5.31. The Labute approximate surface area is 107 Å². The van der Waals surface area contributed by atoms with Gasteiger partial charge in [-0.05, 0) is 6.07 Å². The number of aliphatic hydroxyl groups excluding tert-OH is 2. The molecule has 1 rings (SSSR count). The van der Waals surface area contributed by atoms with Crippen LogP contribution in [0.25, 0.3) is 0 Å². The Morgan fingerprint density at radius 2 is 1.89 bits per heavy atom. The van der Waals surface area contributed by atoms with Gasteiger partial charge in [0.25, 0.3) is 0 Å². The number of halogens is 3. The lowest BCUT2D eigenvalue weighted by molar-refractivity contribution is -0.142. The SMILES string of the molecule is O=C(Cn1ccc(C(F)(F)F)n1)N(CCO)CCO. The molecule has 0 radical (unpaired) electrons. The summed E-state index contributed by atoms with van der Waals surface area (Å²) in [7, 11) is 0. The molecule has 0 aliphatic heterocycles. The summed E-state index contributed by atoms with van der Waals surface area (Å²) >= 11 is 0. The number of hydrogen-bond acceptors (Lipinski definition) is 4. The van der Waals surface area contributed by atoms with Crippen LogP contribution in [-0.4, -0.2) is 57.1 Å². The fourth-order valence-corrected chi connectivity index (χ4v) is 1.44. The fourth-order valence-electron chi connectivity index (χ4n) is 1.44. The smallest absolute Gasteiger partial charge is 0.395 e. The van der Waals surface area contributed by atoms with Crippen molar-refractivity contribution in [1.29, 1.82) is 0 Å². The zero-order chi connectivity index (χ0) is 14.5. The molecule has 0 saturated carbocycles. The minimum atomic E-state index is -4.55. The second-order valence-corrected chi connectivity index (χ2v) is 3.72. The van der Waals surface area contributed by atoms with Crippen molar-refractivity contribution >= 4 is 5.91 Å². The first-order valence-electron chi connectivity index (χ1n) is 5.48. The van der Waals surface area contributed by atoms with Crippen molar-refractivity contribution in [2.24, 2.45) is 0 Å². The van der Waals surface area contributed by atoms with Crippen LogP contribution >= 0.6 is 0 Å². The number of amides is 1. The number of rotatable bonds is 6. The Morgan fingerprint density at radius 3 is 2.32 bits per heavy atom. The minimum absolute atomic E-state index is 0.00674. The van der Waals surface area contributed by atoms with Crippen molar-refractivity contribution in [3.8, 4) is 0 Å². The highest BCUT2D eigenvalue weighted by Gasteiger charge is 2.33. The zero-order valence-electron chi connectivity index (χ0n) is 9.97. The largest absolute Gasteiger partial charge is 0.435 e. The average Bonchev–Trinajstić information content (AvgIpc) is 2.77. The van der Waals surface area contributed by atoms with Crippen LogP contribution in [0.4, 0.5) is 13.2 Å². The fraction of sp³-hybridized carbons (Fsp3) is 0.600. The van der Waals surface area contributed by atoms with Gasteiger partial charge in [-0.15, -0.1) is 0 Å². The van der Waals surface area contributed by atoms with E-state index >= 15 is 0 Å². The van der Waals surface area contributed by atoms with Gasteiger partial charge in [0.1, 0.15) is 6.54 Å². The third-order valence-corrected chi connectivity index (χ3v) is 2.32. The molecule has 108 valence electrons. The van der Waals surface area contributed by atoms with Gasteiger partial charge in [0.15, 0.2) is 5.69 Å². The predicted octanol–water partition coefficient (Wildman–Crippen LogP) is -0.285. The molecule has 1 heterocycles. The molecule has 0 aliphatic rings. The Morgan fingerprint density at radius 1 is 1.32 bits per heavy atom. The van der Waals surface area contributed by atoms with Crippen molar-refractivity contribution in [3.63, 3.8) is 0 Å². The second kappa shape index (κ2) is 6.53. The molecule has 1 aromatic heterocycles. The molecule has 0 bridgehead atoms. The summed E-state index contributed by atoms with van der Waals surface area (Å²) in [4.78, 5) is 12.9. The highest BCUT2D eigenvalue weighted by molar-refractivity contribution is 5.75. The van der Waals surface area contributed by atoms with E-state index in [4.69, 9.17) is 10.2 Å². The van der Waals surface area contributed by atoms with E-state index in [0.29, 0.717) is 0 Å². The van der Waals surface area contributed by atoms with E-state index in [1.165, 1.54) is 0 Å². The number of nitrogens with zero attached hydrogens (tertiary/aromatic N) is 3. The van der Waals surface area contributed by atoms with Crippen LogP contribution in [0.5, 0.6) is 0 Å². The van der Waals surface area contributed by atoms with E-state index in [0.717, 1.165) is 21.8 Å². The van der Waals surface area contributed by atoms with E-state index in [1.54, 1.807) is 0 Å². The van der Waals surface area contributed by atoms with Gasteiger partial charge in [-0.2, -0.15) is 18.3 Å². The molecule has 1 aromatic rings. The minimum Gasteiger partial charge on any atom is -0.395 e. The van der Waals surface area contributed by atoms with Crippen LogP contribution in [0.2, 0.25) is 0 Å². The normalized spacial score (nSPS) is 11.6. The molecule has 9 heteroatoms. The first-order valence-corrected chi connectivity index (χ1v) is 5.48. The zero-order valence-corrected chi connectivity index (χ0v) is 9.97. The van der Waals surface area contributed by atoms with Crippen molar-refractivity contribution < 1.29 is 28.2 Å². The van der Waals surface area contributed by atoms with Crippen molar-refractivity contribution in [1.82, 2.24) is 14.7 Å². The Hall–Kier alpha value is -1.61. The van der Waals surface area contributed by atoms with Gasteiger partial charge in [0.2, 0.25) is 5.91 Å². The van der Waals surface area contributed by atoms with E-state index in [9.17, 15) is 18.0 Å². The monoisotopic (exact) mass is 281 g/mol.